The Hall–Kier alpha value is -0.610. The van der Waals surface area contributed by atoms with Crippen molar-refractivity contribution in [3.05, 3.63) is 34.6 Å². The second kappa shape index (κ2) is 6.71. The van der Waals surface area contributed by atoms with Gasteiger partial charge in [-0.3, -0.25) is 4.79 Å². The summed E-state index contributed by atoms with van der Waals surface area (Å²) in [6.07, 6.45) is 3.20. The van der Waals surface area contributed by atoms with E-state index in [1.165, 1.54) is 12.1 Å². The molecule has 104 valence electrons. The molecule has 0 saturated carbocycles. The van der Waals surface area contributed by atoms with Gasteiger partial charge in [-0.2, -0.15) is 0 Å². The number of piperidine rings is 1. The average Bonchev–Trinajstić information content (AvgIpc) is 2.42. The number of rotatable bonds is 3. The summed E-state index contributed by atoms with van der Waals surface area (Å²) in [7, 11) is 0. The third-order valence-corrected chi connectivity index (χ3v) is 4.35. The summed E-state index contributed by atoms with van der Waals surface area (Å²) < 4.78 is 13.4. The van der Waals surface area contributed by atoms with Crippen LogP contribution in [0.25, 0.3) is 0 Å². The average molecular weight is 349 g/mol. The highest BCUT2D eigenvalue weighted by atomic mass is 79.9. The van der Waals surface area contributed by atoms with Crippen LogP contribution >= 0.6 is 27.5 Å². The zero-order valence-electron chi connectivity index (χ0n) is 10.5. The summed E-state index contributed by atoms with van der Waals surface area (Å²) in [5.74, 6) is -0.185. The van der Waals surface area contributed by atoms with Crippen molar-refractivity contribution >= 4 is 33.4 Å². The van der Waals surface area contributed by atoms with E-state index in [9.17, 15) is 9.18 Å². The Morgan fingerprint density at radius 1 is 1.53 bits per heavy atom. The van der Waals surface area contributed by atoms with Crippen LogP contribution in [0.4, 0.5) is 4.39 Å². The molecule has 1 aliphatic rings. The molecule has 0 radical (unpaired) electrons. The summed E-state index contributed by atoms with van der Waals surface area (Å²) >= 11 is 9.31. The molecule has 1 amide bonds. The second-order valence-electron chi connectivity index (χ2n) is 4.84. The van der Waals surface area contributed by atoms with Crippen molar-refractivity contribution in [1.82, 2.24) is 4.90 Å². The highest BCUT2D eigenvalue weighted by molar-refractivity contribution is 9.09. The third kappa shape index (κ3) is 3.48. The summed E-state index contributed by atoms with van der Waals surface area (Å²) in [5.41, 5.74) is 0.265. The fraction of sp³-hybridized carbons (Fsp3) is 0.500. The number of hydrogen-bond acceptors (Lipinski definition) is 1. The predicted molar refractivity (Wildman–Crippen MR) is 78.4 cm³/mol. The number of alkyl halides is 1. The Bertz CT molecular complexity index is 467. The zero-order valence-corrected chi connectivity index (χ0v) is 12.9. The fourth-order valence-electron chi connectivity index (χ4n) is 2.48. The van der Waals surface area contributed by atoms with E-state index in [1.807, 2.05) is 0 Å². The van der Waals surface area contributed by atoms with Crippen molar-refractivity contribution in [3.63, 3.8) is 0 Å². The second-order valence-corrected chi connectivity index (χ2v) is 6.01. The van der Waals surface area contributed by atoms with Gasteiger partial charge in [0.25, 0.3) is 5.91 Å². The smallest absolute Gasteiger partial charge is 0.255 e. The van der Waals surface area contributed by atoms with E-state index in [0.717, 1.165) is 37.7 Å². The van der Waals surface area contributed by atoms with Gasteiger partial charge in [-0.1, -0.05) is 33.6 Å². The van der Waals surface area contributed by atoms with Crippen LogP contribution in [0.3, 0.4) is 0 Å². The van der Waals surface area contributed by atoms with E-state index < -0.39 is 5.82 Å². The van der Waals surface area contributed by atoms with Gasteiger partial charge in [0, 0.05) is 18.4 Å². The van der Waals surface area contributed by atoms with E-state index in [2.05, 4.69) is 15.9 Å². The molecular formula is C14H16BrClFNO. The van der Waals surface area contributed by atoms with Gasteiger partial charge in [-0.05, 0) is 37.3 Å². The molecule has 19 heavy (non-hydrogen) atoms. The van der Waals surface area contributed by atoms with Gasteiger partial charge < -0.3 is 4.90 Å². The minimum atomic E-state index is -0.540. The monoisotopic (exact) mass is 347 g/mol. The molecule has 1 aliphatic heterocycles. The van der Waals surface area contributed by atoms with E-state index >= 15 is 0 Å². The Morgan fingerprint density at radius 3 is 3.05 bits per heavy atom. The number of hydrogen-bond donors (Lipinski definition) is 0. The zero-order chi connectivity index (χ0) is 13.8. The highest BCUT2D eigenvalue weighted by Crippen LogP contribution is 2.25. The van der Waals surface area contributed by atoms with Gasteiger partial charge in [0.1, 0.15) is 5.82 Å². The molecular weight excluding hydrogens is 333 g/mol. The number of halogens is 3. The van der Waals surface area contributed by atoms with Crippen LogP contribution in [-0.2, 0) is 0 Å². The minimum Gasteiger partial charge on any atom is -0.338 e. The standard InChI is InChI=1S/C14H16BrClFNO/c15-7-6-10-3-2-8-18(9-10)14(19)11-4-1-5-12(17)13(11)16/h1,4-5,10H,2-3,6-9H2. The molecule has 0 spiro atoms. The lowest BCUT2D eigenvalue weighted by molar-refractivity contribution is 0.0671. The lowest BCUT2D eigenvalue weighted by Crippen LogP contribution is -2.40. The van der Waals surface area contributed by atoms with Crippen LogP contribution in [0, 0.1) is 11.7 Å². The van der Waals surface area contributed by atoms with Gasteiger partial charge in [0.2, 0.25) is 0 Å². The largest absolute Gasteiger partial charge is 0.338 e. The molecule has 2 rings (SSSR count). The Morgan fingerprint density at radius 2 is 2.32 bits per heavy atom. The SMILES string of the molecule is O=C(c1cccc(F)c1Cl)N1CCCC(CCBr)C1. The van der Waals surface area contributed by atoms with Crippen molar-refractivity contribution < 1.29 is 9.18 Å². The molecule has 1 atom stereocenters. The first-order chi connectivity index (χ1) is 9.13. The molecule has 1 saturated heterocycles. The molecule has 0 bridgehead atoms. The molecule has 1 fully saturated rings. The molecule has 1 unspecified atom stereocenters. The molecule has 0 aromatic heterocycles. The first-order valence-electron chi connectivity index (χ1n) is 6.42. The van der Waals surface area contributed by atoms with Crippen molar-refractivity contribution in [2.24, 2.45) is 5.92 Å². The number of carbonyl (C=O) groups excluding carboxylic acids is 1. The number of likely N-dealkylation sites (tertiary alicyclic amines) is 1. The molecule has 5 heteroatoms. The van der Waals surface area contributed by atoms with Gasteiger partial charge >= 0.3 is 0 Å². The quantitative estimate of drug-likeness (QED) is 0.753. The molecule has 0 aliphatic carbocycles. The van der Waals surface area contributed by atoms with Crippen molar-refractivity contribution in [3.8, 4) is 0 Å². The van der Waals surface area contributed by atoms with Crippen LogP contribution in [0.2, 0.25) is 5.02 Å². The van der Waals surface area contributed by atoms with Gasteiger partial charge in [0.05, 0.1) is 10.6 Å². The van der Waals surface area contributed by atoms with Crippen LogP contribution in [0.1, 0.15) is 29.6 Å². The molecule has 1 aromatic carbocycles. The van der Waals surface area contributed by atoms with E-state index in [0.29, 0.717) is 5.92 Å². The summed E-state index contributed by atoms with van der Waals surface area (Å²) in [6, 6.07) is 4.37. The van der Waals surface area contributed by atoms with Gasteiger partial charge in [-0.25, -0.2) is 4.39 Å². The van der Waals surface area contributed by atoms with Crippen LogP contribution in [-0.4, -0.2) is 29.2 Å². The number of nitrogens with zero attached hydrogens (tertiary/aromatic N) is 1. The lowest BCUT2D eigenvalue weighted by Gasteiger charge is -2.32. The van der Waals surface area contributed by atoms with Crippen molar-refractivity contribution in [2.45, 2.75) is 19.3 Å². The Kier molecular flexibility index (Phi) is 5.22. The minimum absolute atomic E-state index is 0.0740. The van der Waals surface area contributed by atoms with Gasteiger partial charge in [0.15, 0.2) is 0 Å². The van der Waals surface area contributed by atoms with Crippen molar-refractivity contribution in [2.75, 3.05) is 18.4 Å². The van der Waals surface area contributed by atoms with E-state index in [-0.39, 0.29) is 16.5 Å². The van der Waals surface area contributed by atoms with Crippen molar-refractivity contribution in [1.29, 1.82) is 0 Å². The summed E-state index contributed by atoms with van der Waals surface area (Å²) in [5, 5.41) is 0.871. The molecule has 2 nitrogen and oxygen atoms in total. The highest BCUT2D eigenvalue weighted by Gasteiger charge is 2.25. The Balaban J connectivity index is 2.12. The fourth-order valence-corrected chi connectivity index (χ4v) is 3.33. The molecule has 1 aromatic rings. The third-order valence-electron chi connectivity index (χ3n) is 3.51. The predicted octanol–water partition coefficient (Wildman–Crippen LogP) is 4.12. The normalized spacial score (nSPS) is 19.5. The molecule has 0 N–H and O–H groups in total. The maximum Gasteiger partial charge on any atom is 0.255 e. The number of amides is 1. The maximum absolute atomic E-state index is 13.4. The van der Waals surface area contributed by atoms with E-state index in [4.69, 9.17) is 11.6 Å². The summed E-state index contributed by atoms with van der Waals surface area (Å²) in [6.45, 7) is 1.46. The maximum atomic E-state index is 13.4. The van der Waals surface area contributed by atoms with Gasteiger partial charge in [-0.15, -0.1) is 0 Å². The van der Waals surface area contributed by atoms with Crippen LogP contribution in [0.5, 0.6) is 0 Å². The first kappa shape index (κ1) is 14.8. The number of benzene rings is 1. The van der Waals surface area contributed by atoms with Crippen LogP contribution < -0.4 is 0 Å². The Labute approximate surface area is 126 Å². The van der Waals surface area contributed by atoms with E-state index in [1.54, 1.807) is 11.0 Å². The molecule has 1 heterocycles. The first-order valence-corrected chi connectivity index (χ1v) is 7.92. The summed E-state index contributed by atoms with van der Waals surface area (Å²) in [4.78, 5) is 14.2. The topological polar surface area (TPSA) is 20.3 Å². The van der Waals surface area contributed by atoms with Crippen LogP contribution in [0.15, 0.2) is 18.2 Å². The number of carbonyl (C=O) groups is 1. The lowest BCUT2D eigenvalue weighted by atomic mass is 9.95.